The van der Waals surface area contributed by atoms with Crippen molar-refractivity contribution in [3.8, 4) is 0 Å². The lowest BCUT2D eigenvalue weighted by atomic mass is 10.0. The van der Waals surface area contributed by atoms with Gasteiger partial charge in [-0.25, -0.2) is 9.78 Å². The van der Waals surface area contributed by atoms with Gasteiger partial charge in [0.25, 0.3) is 0 Å². The number of carbonyl (C=O) groups is 1. The molecule has 0 amide bonds. The molecule has 1 aromatic heterocycles. The van der Waals surface area contributed by atoms with E-state index in [0.29, 0.717) is 11.6 Å². The first-order chi connectivity index (χ1) is 7.72. The molecule has 0 aliphatic carbocycles. The topological polar surface area (TPSA) is 48.4 Å². The van der Waals surface area contributed by atoms with Crippen LogP contribution in [0.25, 0.3) is 0 Å². The van der Waals surface area contributed by atoms with Crippen molar-refractivity contribution in [3.63, 3.8) is 0 Å². The summed E-state index contributed by atoms with van der Waals surface area (Å²) >= 11 is 1.60. The minimum Gasteiger partial charge on any atom is -0.464 e. The van der Waals surface area contributed by atoms with Crippen LogP contribution < -0.4 is 0 Å². The summed E-state index contributed by atoms with van der Waals surface area (Å²) in [5.41, 5.74) is 0.467. The molecule has 0 N–H and O–H groups in total. The van der Waals surface area contributed by atoms with Gasteiger partial charge in [0.15, 0.2) is 5.69 Å². The van der Waals surface area contributed by atoms with Crippen LogP contribution in [0.15, 0.2) is 0 Å². The number of ether oxygens (including phenoxy) is 2. The van der Waals surface area contributed by atoms with E-state index in [4.69, 9.17) is 9.47 Å². The molecule has 88 valence electrons. The molecular weight excluding hydrogens is 226 g/mol. The van der Waals surface area contributed by atoms with Gasteiger partial charge in [-0.05, 0) is 19.8 Å². The van der Waals surface area contributed by atoms with Crippen LogP contribution in [0.2, 0.25) is 0 Å². The number of aromatic nitrogens is 1. The highest BCUT2D eigenvalue weighted by Gasteiger charge is 2.23. The Kier molecular flexibility index (Phi) is 3.56. The lowest BCUT2D eigenvalue weighted by Gasteiger charge is -2.19. The zero-order valence-corrected chi connectivity index (χ0v) is 10.3. The van der Waals surface area contributed by atoms with Crippen LogP contribution in [0.3, 0.4) is 0 Å². The van der Waals surface area contributed by atoms with Crippen LogP contribution in [-0.2, 0) is 9.47 Å². The van der Waals surface area contributed by atoms with Crippen LogP contribution >= 0.6 is 11.3 Å². The fourth-order valence-corrected chi connectivity index (χ4v) is 2.90. The monoisotopic (exact) mass is 241 g/mol. The van der Waals surface area contributed by atoms with Crippen LogP contribution in [0, 0.1) is 6.92 Å². The second-order valence-corrected chi connectivity index (χ2v) is 5.07. The number of hydrogen-bond donors (Lipinski definition) is 0. The molecule has 2 rings (SSSR count). The number of methoxy groups -OCH3 is 1. The normalized spacial score (nSPS) is 17.4. The molecule has 1 aliphatic heterocycles. The van der Waals surface area contributed by atoms with E-state index < -0.39 is 0 Å². The van der Waals surface area contributed by atoms with Gasteiger partial charge in [-0.2, -0.15) is 0 Å². The molecule has 0 radical (unpaired) electrons. The summed E-state index contributed by atoms with van der Waals surface area (Å²) in [6, 6.07) is 0. The quantitative estimate of drug-likeness (QED) is 0.744. The molecule has 0 atom stereocenters. The summed E-state index contributed by atoms with van der Waals surface area (Å²) < 4.78 is 10.0. The molecule has 0 spiro atoms. The second-order valence-electron chi connectivity index (χ2n) is 3.84. The largest absolute Gasteiger partial charge is 0.464 e. The van der Waals surface area contributed by atoms with Crippen molar-refractivity contribution < 1.29 is 14.3 Å². The van der Waals surface area contributed by atoms with E-state index in [1.807, 2.05) is 6.92 Å². The van der Waals surface area contributed by atoms with Crippen LogP contribution in [0.1, 0.15) is 39.1 Å². The van der Waals surface area contributed by atoms with Crippen molar-refractivity contribution in [1.29, 1.82) is 0 Å². The highest BCUT2D eigenvalue weighted by molar-refractivity contribution is 7.12. The maximum atomic E-state index is 11.4. The van der Waals surface area contributed by atoms with Crippen LogP contribution in [0.4, 0.5) is 0 Å². The number of aryl methyl sites for hydroxylation is 1. The van der Waals surface area contributed by atoms with Crippen molar-refractivity contribution >= 4 is 17.3 Å². The molecule has 2 heterocycles. The molecular formula is C11H15NO3S. The van der Waals surface area contributed by atoms with E-state index >= 15 is 0 Å². The Morgan fingerprint density at radius 3 is 2.81 bits per heavy atom. The number of thiazole rings is 1. The van der Waals surface area contributed by atoms with Crippen molar-refractivity contribution in [2.75, 3.05) is 20.3 Å². The Balaban J connectivity index is 2.19. The van der Waals surface area contributed by atoms with Gasteiger partial charge < -0.3 is 9.47 Å². The first-order valence-corrected chi connectivity index (χ1v) is 6.17. The molecule has 0 bridgehead atoms. The summed E-state index contributed by atoms with van der Waals surface area (Å²) in [6.45, 7) is 3.49. The molecule has 1 fully saturated rings. The average Bonchev–Trinajstić information content (AvgIpc) is 2.71. The molecule has 1 saturated heterocycles. The van der Waals surface area contributed by atoms with Crippen molar-refractivity contribution in [1.82, 2.24) is 4.98 Å². The van der Waals surface area contributed by atoms with E-state index in [1.54, 1.807) is 11.3 Å². The first kappa shape index (κ1) is 11.5. The van der Waals surface area contributed by atoms with E-state index in [9.17, 15) is 4.79 Å². The van der Waals surface area contributed by atoms with Gasteiger partial charge in [0.05, 0.1) is 12.1 Å². The Hall–Kier alpha value is -0.940. The average molecular weight is 241 g/mol. The summed E-state index contributed by atoms with van der Waals surface area (Å²) in [4.78, 5) is 16.8. The van der Waals surface area contributed by atoms with Gasteiger partial charge in [-0.3, -0.25) is 0 Å². The summed E-state index contributed by atoms with van der Waals surface area (Å²) in [5, 5.41) is 1.04. The third-order valence-electron chi connectivity index (χ3n) is 2.76. The minimum absolute atomic E-state index is 0.341. The van der Waals surface area contributed by atoms with Crippen LogP contribution in [0.5, 0.6) is 0 Å². The third-order valence-corrected chi connectivity index (χ3v) is 3.90. The fourth-order valence-electron chi connectivity index (χ4n) is 1.82. The van der Waals surface area contributed by atoms with Crippen molar-refractivity contribution in [2.45, 2.75) is 25.7 Å². The summed E-state index contributed by atoms with van der Waals surface area (Å²) in [5.74, 6) is 0.0999. The Morgan fingerprint density at radius 2 is 2.19 bits per heavy atom. The van der Waals surface area contributed by atoms with E-state index in [2.05, 4.69) is 4.98 Å². The van der Waals surface area contributed by atoms with Gasteiger partial charge in [-0.1, -0.05) is 0 Å². The van der Waals surface area contributed by atoms with Gasteiger partial charge in [0, 0.05) is 24.0 Å². The molecule has 1 aromatic rings. The third kappa shape index (κ3) is 2.25. The van der Waals surface area contributed by atoms with Crippen LogP contribution in [-0.4, -0.2) is 31.3 Å². The molecule has 16 heavy (non-hydrogen) atoms. The Bertz CT molecular complexity index is 383. The highest BCUT2D eigenvalue weighted by atomic mass is 32.1. The van der Waals surface area contributed by atoms with E-state index in [1.165, 1.54) is 7.11 Å². The first-order valence-electron chi connectivity index (χ1n) is 5.35. The van der Waals surface area contributed by atoms with E-state index in [-0.39, 0.29) is 5.97 Å². The molecule has 0 aromatic carbocycles. The molecule has 0 saturated carbocycles. The Morgan fingerprint density at radius 1 is 1.50 bits per heavy atom. The number of hydrogen-bond acceptors (Lipinski definition) is 5. The zero-order valence-electron chi connectivity index (χ0n) is 9.49. The molecule has 0 unspecified atom stereocenters. The number of carbonyl (C=O) groups excluding carboxylic acids is 1. The van der Waals surface area contributed by atoms with Gasteiger partial charge in [0.2, 0.25) is 0 Å². The standard InChI is InChI=1S/C11H15NO3S/c1-7-9(11(13)14-2)12-10(16-7)8-3-5-15-6-4-8/h8H,3-6H2,1-2H3. The van der Waals surface area contributed by atoms with Gasteiger partial charge in [-0.15, -0.1) is 11.3 Å². The summed E-state index contributed by atoms with van der Waals surface area (Å²) in [6.07, 6.45) is 1.99. The molecule has 5 heteroatoms. The number of rotatable bonds is 2. The lowest BCUT2D eigenvalue weighted by Crippen LogP contribution is -2.14. The zero-order chi connectivity index (χ0) is 11.5. The predicted octanol–water partition coefficient (Wildman–Crippen LogP) is 2.13. The van der Waals surface area contributed by atoms with Gasteiger partial charge in [0.1, 0.15) is 0 Å². The predicted molar refractivity (Wildman–Crippen MR) is 61.0 cm³/mol. The highest BCUT2D eigenvalue weighted by Crippen LogP contribution is 2.31. The Labute approximate surface area is 98.6 Å². The maximum absolute atomic E-state index is 11.4. The smallest absolute Gasteiger partial charge is 0.357 e. The minimum atomic E-state index is -0.341. The SMILES string of the molecule is COC(=O)c1nc(C2CCOCC2)sc1C. The van der Waals surface area contributed by atoms with Gasteiger partial charge >= 0.3 is 5.97 Å². The fraction of sp³-hybridized carbons (Fsp3) is 0.636. The molecule has 4 nitrogen and oxygen atoms in total. The summed E-state index contributed by atoms with van der Waals surface area (Å²) in [7, 11) is 1.38. The van der Waals surface area contributed by atoms with Crippen molar-refractivity contribution in [2.24, 2.45) is 0 Å². The maximum Gasteiger partial charge on any atom is 0.357 e. The second kappa shape index (κ2) is 4.93. The van der Waals surface area contributed by atoms with E-state index in [0.717, 1.165) is 35.9 Å². The molecule has 1 aliphatic rings. The number of esters is 1. The lowest BCUT2D eigenvalue weighted by molar-refractivity contribution is 0.0593. The number of nitrogens with zero attached hydrogens (tertiary/aromatic N) is 1. The van der Waals surface area contributed by atoms with Crippen molar-refractivity contribution in [3.05, 3.63) is 15.6 Å².